The fraction of sp³-hybridized carbons (Fsp3) is 1.00. The van der Waals surface area contributed by atoms with E-state index in [4.69, 9.17) is 9.84 Å². The molecule has 0 saturated carbocycles. The molecule has 66 valence electrons. The molecule has 1 aliphatic rings. The van der Waals surface area contributed by atoms with Gasteiger partial charge in [0.2, 0.25) is 0 Å². The summed E-state index contributed by atoms with van der Waals surface area (Å²) in [6.07, 6.45) is -2.02. The molecular formula is C6H12O5. The van der Waals surface area contributed by atoms with Crippen LogP contribution < -0.4 is 0 Å². The number of ether oxygens (including phenoxy) is 2. The van der Waals surface area contributed by atoms with Crippen LogP contribution in [0, 0.1) is 0 Å². The Morgan fingerprint density at radius 1 is 1.73 bits per heavy atom. The van der Waals surface area contributed by atoms with Crippen molar-refractivity contribution in [3.8, 4) is 0 Å². The number of hydrogen-bond acceptors (Lipinski definition) is 5. The van der Waals surface area contributed by atoms with E-state index in [1.807, 2.05) is 0 Å². The molecule has 0 aromatic rings. The van der Waals surface area contributed by atoms with E-state index in [9.17, 15) is 10.2 Å². The van der Waals surface area contributed by atoms with Gasteiger partial charge in [0, 0.05) is 7.11 Å². The van der Waals surface area contributed by atoms with E-state index in [1.54, 1.807) is 0 Å². The van der Waals surface area contributed by atoms with Crippen LogP contribution in [0.4, 0.5) is 0 Å². The first-order chi connectivity index (χ1) is 5.14. The Hall–Kier alpha value is -0.200. The molecule has 0 radical (unpaired) electrons. The molecular weight excluding hydrogens is 152 g/mol. The quantitative estimate of drug-likeness (QED) is 0.443. The number of aliphatic hydroxyl groups is 3. The maximum Gasteiger partial charge on any atom is 0.186 e. The van der Waals surface area contributed by atoms with E-state index < -0.39 is 24.6 Å². The highest BCUT2D eigenvalue weighted by atomic mass is 16.7. The lowest BCUT2D eigenvalue weighted by Crippen LogP contribution is -2.47. The molecule has 3 atom stereocenters. The normalized spacial score (nSPS) is 44.7. The highest BCUT2D eigenvalue weighted by molar-refractivity contribution is 4.93. The summed E-state index contributed by atoms with van der Waals surface area (Å²) >= 11 is 0. The number of hydrogen-bond donors (Lipinski definition) is 3. The summed E-state index contributed by atoms with van der Waals surface area (Å²) in [5.41, 5.74) is -1.57. The second-order valence-electron chi connectivity index (χ2n) is 2.62. The van der Waals surface area contributed by atoms with Gasteiger partial charge in [0.05, 0.1) is 13.2 Å². The summed E-state index contributed by atoms with van der Waals surface area (Å²) in [7, 11) is 1.36. The molecule has 0 aromatic carbocycles. The molecule has 0 spiro atoms. The number of aliphatic hydroxyl groups excluding tert-OH is 2. The monoisotopic (exact) mass is 164 g/mol. The third-order valence-electron chi connectivity index (χ3n) is 1.81. The Bertz CT molecular complexity index is 139. The van der Waals surface area contributed by atoms with Crippen LogP contribution in [-0.2, 0) is 9.47 Å². The van der Waals surface area contributed by atoms with Gasteiger partial charge in [0.25, 0.3) is 0 Å². The van der Waals surface area contributed by atoms with Crippen LogP contribution >= 0.6 is 0 Å². The molecule has 0 aliphatic carbocycles. The first-order valence-corrected chi connectivity index (χ1v) is 3.30. The van der Waals surface area contributed by atoms with Gasteiger partial charge in [-0.15, -0.1) is 0 Å². The van der Waals surface area contributed by atoms with Crippen molar-refractivity contribution in [2.45, 2.75) is 18.0 Å². The van der Waals surface area contributed by atoms with Crippen molar-refractivity contribution >= 4 is 0 Å². The van der Waals surface area contributed by atoms with Crippen molar-refractivity contribution in [2.24, 2.45) is 0 Å². The molecule has 3 N–H and O–H groups in total. The fourth-order valence-corrected chi connectivity index (χ4v) is 0.992. The number of methoxy groups -OCH3 is 1. The minimum Gasteiger partial charge on any atom is -0.393 e. The van der Waals surface area contributed by atoms with E-state index >= 15 is 0 Å². The Morgan fingerprint density at radius 3 is 2.64 bits per heavy atom. The maximum absolute atomic E-state index is 9.37. The van der Waals surface area contributed by atoms with E-state index in [-0.39, 0.29) is 6.61 Å². The van der Waals surface area contributed by atoms with Crippen molar-refractivity contribution in [2.75, 3.05) is 20.3 Å². The summed E-state index contributed by atoms with van der Waals surface area (Å²) in [6, 6.07) is 0. The molecule has 1 fully saturated rings. The predicted octanol–water partition coefficient (Wildman–Crippen LogP) is -1.93. The zero-order chi connectivity index (χ0) is 8.48. The van der Waals surface area contributed by atoms with Gasteiger partial charge in [-0.25, -0.2) is 0 Å². The highest BCUT2D eigenvalue weighted by Crippen LogP contribution is 2.24. The highest BCUT2D eigenvalue weighted by Gasteiger charge is 2.47. The van der Waals surface area contributed by atoms with Gasteiger partial charge in [-0.05, 0) is 0 Å². The Labute approximate surface area is 64.2 Å². The van der Waals surface area contributed by atoms with E-state index in [1.165, 1.54) is 7.11 Å². The third-order valence-corrected chi connectivity index (χ3v) is 1.81. The van der Waals surface area contributed by atoms with E-state index in [0.29, 0.717) is 0 Å². The van der Waals surface area contributed by atoms with Gasteiger partial charge in [-0.1, -0.05) is 0 Å². The van der Waals surface area contributed by atoms with Gasteiger partial charge in [0.1, 0.15) is 11.7 Å². The summed E-state index contributed by atoms with van der Waals surface area (Å²) < 4.78 is 9.52. The van der Waals surface area contributed by atoms with Crippen LogP contribution in [0.25, 0.3) is 0 Å². The fourth-order valence-electron chi connectivity index (χ4n) is 0.992. The van der Waals surface area contributed by atoms with Crippen LogP contribution in [0.5, 0.6) is 0 Å². The molecule has 0 aromatic heterocycles. The average Bonchev–Trinajstić information content (AvgIpc) is 2.31. The molecule has 1 rings (SSSR count). The molecule has 11 heavy (non-hydrogen) atoms. The lowest BCUT2D eigenvalue weighted by Gasteiger charge is -2.22. The second kappa shape index (κ2) is 3.04. The zero-order valence-electron chi connectivity index (χ0n) is 6.23. The summed E-state index contributed by atoms with van der Waals surface area (Å²) in [5, 5.41) is 27.3. The van der Waals surface area contributed by atoms with Crippen LogP contribution in [0.1, 0.15) is 0 Å². The standard InChI is InChI=1S/C6H12O5/c1-10-5-4(8)6(9,2-7)3-11-5/h4-5,7-9H,2-3H2,1H3/t4-,5-,6-/m0/s1. The van der Waals surface area contributed by atoms with Crippen LogP contribution in [0.15, 0.2) is 0 Å². The van der Waals surface area contributed by atoms with Crippen LogP contribution in [0.2, 0.25) is 0 Å². The van der Waals surface area contributed by atoms with Crippen molar-refractivity contribution in [3.05, 3.63) is 0 Å². The maximum atomic E-state index is 9.37. The van der Waals surface area contributed by atoms with E-state index in [0.717, 1.165) is 0 Å². The van der Waals surface area contributed by atoms with Gasteiger partial charge < -0.3 is 24.8 Å². The van der Waals surface area contributed by atoms with Crippen molar-refractivity contribution < 1.29 is 24.8 Å². The predicted molar refractivity (Wildman–Crippen MR) is 34.8 cm³/mol. The Morgan fingerprint density at radius 2 is 2.36 bits per heavy atom. The molecule has 1 heterocycles. The van der Waals surface area contributed by atoms with Gasteiger partial charge in [0.15, 0.2) is 6.29 Å². The summed E-state index contributed by atoms with van der Waals surface area (Å²) in [5.74, 6) is 0. The minimum atomic E-state index is -1.57. The van der Waals surface area contributed by atoms with Crippen LogP contribution in [0.3, 0.4) is 0 Å². The molecule has 0 bridgehead atoms. The van der Waals surface area contributed by atoms with Crippen LogP contribution in [-0.4, -0.2) is 53.6 Å². The van der Waals surface area contributed by atoms with Crippen molar-refractivity contribution in [1.82, 2.24) is 0 Å². The summed E-state index contributed by atoms with van der Waals surface area (Å²) in [4.78, 5) is 0. The van der Waals surface area contributed by atoms with E-state index in [2.05, 4.69) is 4.74 Å². The molecule has 1 aliphatic heterocycles. The summed E-state index contributed by atoms with van der Waals surface area (Å²) in [6.45, 7) is -0.642. The zero-order valence-corrected chi connectivity index (χ0v) is 6.23. The minimum absolute atomic E-state index is 0.108. The lowest BCUT2D eigenvalue weighted by molar-refractivity contribution is -0.146. The van der Waals surface area contributed by atoms with Crippen molar-refractivity contribution in [3.63, 3.8) is 0 Å². The largest absolute Gasteiger partial charge is 0.393 e. The first kappa shape index (κ1) is 8.89. The van der Waals surface area contributed by atoms with Gasteiger partial charge >= 0.3 is 0 Å². The smallest absolute Gasteiger partial charge is 0.186 e. The topological polar surface area (TPSA) is 79.2 Å². The Kier molecular flexibility index (Phi) is 2.46. The van der Waals surface area contributed by atoms with Gasteiger partial charge in [-0.3, -0.25) is 0 Å². The van der Waals surface area contributed by atoms with Gasteiger partial charge in [-0.2, -0.15) is 0 Å². The molecule has 5 nitrogen and oxygen atoms in total. The molecule has 5 heteroatoms. The number of rotatable bonds is 2. The SMILES string of the molecule is CO[C@H]1OC[C@@](O)(CO)[C@H]1O. The lowest BCUT2D eigenvalue weighted by atomic mass is 10.0. The Balaban J connectivity index is 2.61. The third kappa shape index (κ3) is 1.38. The second-order valence-corrected chi connectivity index (χ2v) is 2.62. The molecule has 0 unspecified atom stereocenters. The first-order valence-electron chi connectivity index (χ1n) is 3.30. The molecule has 1 saturated heterocycles. The van der Waals surface area contributed by atoms with Crippen molar-refractivity contribution in [1.29, 1.82) is 0 Å². The average molecular weight is 164 g/mol. The molecule has 0 amide bonds.